The van der Waals surface area contributed by atoms with E-state index in [-0.39, 0.29) is 6.42 Å². The van der Waals surface area contributed by atoms with Gasteiger partial charge in [-0.2, -0.15) is 25.2 Å². The van der Waals surface area contributed by atoms with Crippen LogP contribution in [0.5, 0.6) is 0 Å². The molecule has 1 heterocycles. The molecule has 0 atom stereocenters. The molecule has 0 amide bonds. The van der Waals surface area contributed by atoms with Crippen LogP contribution in [0, 0.1) is 0 Å². The van der Waals surface area contributed by atoms with E-state index in [0.717, 1.165) is 0 Å². The second-order valence-electron chi connectivity index (χ2n) is 2.59. The molecular formula is C4H8O9S2. The Morgan fingerprint density at radius 3 is 1.93 bits per heavy atom. The zero-order valence-corrected chi connectivity index (χ0v) is 8.82. The summed E-state index contributed by atoms with van der Waals surface area (Å²) in [6.07, 6.45) is -0.674. The van der Waals surface area contributed by atoms with Gasteiger partial charge in [0, 0.05) is 13.0 Å². The monoisotopic (exact) mass is 264 g/mol. The molecule has 1 rings (SSSR count). The van der Waals surface area contributed by atoms with Crippen molar-refractivity contribution in [3.8, 4) is 0 Å². The quantitative estimate of drug-likeness (QED) is 0.590. The van der Waals surface area contributed by atoms with Gasteiger partial charge >= 0.3 is 26.8 Å². The third-order valence-corrected chi connectivity index (χ3v) is 3.54. The molecule has 1 fully saturated rings. The van der Waals surface area contributed by atoms with E-state index in [1.807, 2.05) is 0 Å². The second-order valence-corrected chi connectivity index (χ2v) is 5.10. The lowest BCUT2D eigenvalue weighted by Gasteiger charge is -2.28. The van der Waals surface area contributed by atoms with Crippen molar-refractivity contribution in [2.24, 2.45) is 0 Å². The highest BCUT2D eigenvalue weighted by Crippen LogP contribution is 2.29. The van der Waals surface area contributed by atoms with Crippen LogP contribution in [-0.4, -0.2) is 39.6 Å². The molecule has 0 aromatic rings. The first-order chi connectivity index (χ1) is 6.68. The lowest BCUT2D eigenvalue weighted by atomic mass is 10.3. The molecular weight excluding hydrogens is 256 g/mol. The molecule has 0 radical (unpaired) electrons. The van der Waals surface area contributed by atoms with Crippen LogP contribution in [-0.2, 0) is 32.8 Å². The van der Waals surface area contributed by atoms with Crippen molar-refractivity contribution in [1.82, 2.24) is 0 Å². The van der Waals surface area contributed by atoms with E-state index >= 15 is 0 Å². The summed E-state index contributed by atoms with van der Waals surface area (Å²) in [6, 6.07) is 0. The van der Waals surface area contributed by atoms with Crippen LogP contribution in [0.1, 0.15) is 12.8 Å². The number of hydrogen-bond acceptors (Lipinski definition) is 9. The molecule has 0 aliphatic carbocycles. The van der Waals surface area contributed by atoms with Gasteiger partial charge in [-0.3, -0.25) is 0 Å². The van der Waals surface area contributed by atoms with Crippen molar-refractivity contribution in [2.45, 2.75) is 18.8 Å². The summed E-state index contributed by atoms with van der Waals surface area (Å²) in [5, 5.41) is 17.7. The molecule has 90 valence electrons. The van der Waals surface area contributed by atoms with Gasteiger partial charge in [-0.1, -0.05) is 0 Å². The van der Waals surface area contributed by atoms with Gasteiger partial charge in [0.1, 0.15) is 0 Å². The Morgan fingerprint density at radius 2 is 1.53 bits per heavy atom. The second kappa shape index (κ2) is 3.93. The summed E-state index contributed by atoms with van der Waals surface area (Å²) in [4.78, 5) is 0. The summed E-state index contributed by atoms with van der Waals surface area (Å²) in [6.45, 7) is -0.407. The first-order valence-corrected chi connectivity index (χ1v) is 6.30. The molecule has 0 bridgehead atoms. The number of aliphatic hydroxyl groups is 2. The number of aliphatic hydroxyl groups excluding tert-OH is 1. The average molecular weight is 264 g/mol. The Hall–Kier alpha value is -0.300. The Kier molecular flexibility index (Phi) is 3.35. The molecule has 9 nitrogen and oxygen atoms in total. The molecule has 0 aromatic heterocycles. The summed E-state index contributed by atoms with van der Waals surface area (Å²) in [5.74, 6) is -2.86. The SMILES string of the molecule is O=S1(=O)OC(O)(CCCO)OS(=O)(=O)O1. The molecule has 0 aromatic carbocycles. The fraction of sp³-hybridized carbons (Fsp3) is 1.00. The maximum atomic E-state index is 10.7. The molecule has 1 aliphatic heterocycles. The van der Waals surface area contributed by atoms with Gasteiger partial charge in [0.15, 0.2) is 0 Å². The van der Waals surface area contributed by atoms with Crippen LogP contribution in [0.2, 0.25) is 0 Å². The van der Waals surface area contributed by atoms with Gasteiger partial charge < -0.3 is 10.2 Å². The van der Waals surface area contributed by atoms with Gasteiger partial charge in [-0.25, -0.2) is 0 Å². The highest BCUT2D eigenvalue weighted by atomic mass is 32.3. The Balaban J connectivity index is 2.92. The average Bonchev–Trinajstić information content (AvgIpc) is 1.93. The minimum absolute atomic E-state index is 0.123. The van der Waals surface area contributed by atoms with E-state index in [4.69, 9.17) is 5.11 Å². The van der Waals surface area contributed by atoms with Crippen LogP contribution >= 0.6 is 0 Å². The predicted octanol–water partition coefficient (Wildman–Crippen LogP) is -2.04. The standard InChI is InChI=1S/C4H8O9S2/c5-3-1-2-4(6)11-14(7,8)13-15(9,10)12-4/h5-6H,1-3H2. The van der Waals surface area contributed by atoms with Crippen LogP contribution in [0.25, 0.3) is 0 Å². The maximum Gasteiger partial charge on any atom is 0.420 e. The Labute approximate surface area is 85.8 Å². The van der Waals surface area contributed by atoms with Crippen LogP contribution in [0.3, 0.4) is 0 Å². The number of rotatable bonds is 3. The van der Waals surface area contributed by atoms with Crippen molar-refractivity contribution < 1.29 is 39.0 Å². The van der Waals surface area contributed by atoms with Crippen molar-refractivity contribution in [1.29, 1.82) is 0 Å². The lowest BCUT2D eigenvalue weighted by molar-refractivity contribution is -0.284. The first-order valence-electron chi connectivity index (χ1n) is 3.63. The summed E-state index contributed by atoms with van der Waals surface area (Å²) in [7, 11) is -9.75. The molecule has 0 spiro atoms. The van der Waals surface area contributed by atoms with Crippen molar-refractivity contribution in [3.63, 3.8) is 0 Å². The molecule has 15 heavy (non-hydrogen) atoms. The highest BCUT2D eigenvalue weighted by Gasteiger charge is 2.48. The number of hydrogen-bond donors (Lipinski definition) is 2. The van der Waals surface area contributed by atoms with Gasteiger partial charge in [-0.05, 0) is 6.42 Å². The Morgan fingerprint density at radius 1 is 1.07 bits per heavy atom. The van der Waals surface area contributed by atoms with E-state index in [1.54, 1.807) is 0 Å². The van der Waals surface area contributed by atoms with E-state index in [2.05, 4.69) is 12.0 Å². The minimum atomic E-state index is -4.87. The molecule has 11 heteroatoms. The van der Waals surface area contributed by atoms with E-state index in [1.165, 1.54) is 0 Å². The third-order valence-electron chi connectivity index (χ3n) is 1.28. The summed E-state index contributed by atoms with van der Waals surface area (Å²) < 4.78 is 54.1. The summed E-state index contributed by atoms with van der Waals surface area (Å²) in [5.41, 5.74) is 0. The van der Waals surface area contributed by atoms with Crippen molar-refractivity contribution >= 4 is 20.8 Å². The van der Waals surface area contributed by atoms with E-state index in [9.17, 15) is 21.9 Å². The maximum absolute atomic E-state index is 10.7. The smallest absolute Gasteiger partial charge is 0.396 e. The zero-order valence-electron chi connectivity index (χ0n) is 7.19. The largest absolute Gasteiger partial charge is 0.420 e. The molecule has 2 N–H and O–H groups in total. The Bertz CT molecular complexity index is 385. The van der Waals surface area contributed by atoms with Gasteiger partial charge in [-0.15, -0.1) is 3.63 Å². The van der Waals surface area contributed by atoms with Gasteiger partial charge in [0.05, 0.1) is 0 Å². The van der Waals surface area contributed by atoms with E-state index < -0.39 is 39.8 Å². The van der Waals surface area contributed by atoms with Crippen LogP contribution in [0.4, 0.5) is 0 Å². The summed E-state index contributed by atoms with van der Waals surface area (Å²) >= 11 is 0. The van der Waals surface area contributed by atoms with Crippen LogP contribution in [0.15, 0.2) is 0 Å². The van der Waals surface area contributed by atoms with Gasteiger partial charge in [0.2, 0.25) is 0 Å². The fourth-order valence-electron chi connectivity index (χ4n) is 0.848. The van der Waals surface area contributed by atoms with Gasteiger partial charge in [0.25, 0.3) is 0 Å². The molecule has 1 aliphatic rings. The fourth-order valence-corrected chi connectivity index (χ4v) is 2.80. The third kappa shape index (κ3) is 3.64. The van der Waals surface area contributed by atoms with Crippen LogP contribution < -0.4 is 0 Å². The first kappa shape index (κ1) is 12.8. The molecule has 0 unspecified atom stereocenters. The van der Waals surface area contributed by atoms with Crippen molar-refractivity contribution in [2.75, 3.05) is 6.61 Å². The topological polar surface area (TPSA) is 136 Å². The normalized spacial score (nSPS) is 27.3. The highest BCUT2D eigenvalue weighted by molar-refractivity contribution is 7.95. The molecule has 0 saturated carbocycles. The minimum Gasteiger partial charge on any atom is -0.396 e. The van der Waals surface area contributed by atoms with Crippen molar-refractivity contribution in [3.05, 3.63) is 0 Å². The predicted molar refractivity (Wildman–Crippen MR) is 42.4 cm³/mol. The van der Waals surface area contributed by atoms with E-state index in [0.29, 0.717) is 0 Å². The lowest BCUT2D eigenvalue weighted by Crippen LogP contribution is -2.46. The molecule has 1 saturated heterocycles. The zero-order chi connectivity index (χ0) is 11.7.